The highest BCUT2D eigenvalue weighted by Gasteiger charge is 2.16. The lowest BCUT2D eigenvalue weighted by molar-refractivity contribution is 0.476. The van der Waals surface area contributed by atoms with E-state index in [0.717, 1.165) is 42.6 Å². The Kier molecular flexibility index (Phi) is 6.46. The molecule has 1 aromatic heterocycles. The highest BCUT2D eigenvalue weighted by Crippen LogP contribution is 2.20. The summed E-state index contributed by atoms with van der Waals surface area (Å²) in [5.41, 5.74) is 1.32. The zero-order chi connectivity index (χ0) is 15.1. The standard InChI is InChI=1S/C17H24BrN3/c1-3-8-19-16(13-14-6-5-7-15(18)12-14)17-20-9-11-21(17)10-4-2/h5-7,9,11-12,16,19H,3-4,8,10,13H2,1-2H3. The Labute approximate surface area is 135 Å². The third kappa shape index (κ3) is 4.68. The molecule has 0 fully saturated rings. The third-order valence-corrected chi connectivity index (χ3v) is 3.99. The molecular formula is C17H24BrN3. The van der Waals surface area contributed by atoms with Gasteiger partial charge in [0.2, 0.25) is 0 Å². The second-order valence-corrected chi connectivity index (χ2v) is 6.24. The Bertz CT molecular complexity index is 550. The van der Waals surface area contributed by atoms with Crippen molar-refractivity contribution in [1.29, 1.82) is 0 Å². The number of rotatable bonds is 8. The Morgan fingerprint density at radius 3 is 2.86 bits per heavy atom. The molecule has 2 rings (SSSR count). The van der Waals surface area contributed by atoms with E-state index in [0.29, 0.717) is 0 Å². The van der Waals surface area contributed by atoms with Crippen LogP contribution in [0, 0.1) is 0 Å². The van der Waals surface area contributed by atoms with Crippen LogP contribution in [-0.2, 0) is 13.0 Å². The van der Waals surface area contributed by atoms with E-state index in [1.165, 1.54) is 5.56 Å². The zero-order valence-corrected chi connectivity index (χ0v) is 14.4. The molecular weight excluding hydrogens is 326 g/mol. The van der Waals surface area contributed by atoms with Gasteiger partial charge in [-0.25, -0.2) is 4.98 Å². The Morgan fingerprint density at radius 1 is 1.29 bits per heavy atom. The molecule has 1 aromatic carbocycles. The minimum Gasteiger partial charge on any atom is -0.334 e. The monoisotopic (exact) mass is 349 g/mol. The van der Waals surface area contributed by atoms with Gasteiger partial charge in [0.05, 0.1) is 6.04 Å². The summed E-state index contributed by atoms with van der Waals surface area (Å²) in [7, 11) is 0. The van der Waals surface area contributed by atoms with Crippen molar-refractivity contribution >= 4 is 15.9 Å². The van der Waals surface area contributed by atoms with Gasteiger partial charge in [0.25, 0.3) is 0 Å². The van der Waals surface area contributed by atoms with Crippen LogP contribution in [0.5, 0.6) is 0 Å². The summed E-state index contributed by atoms with van der Waals surface area (Å²) in [5, 5.41) is 3.64. The summed E-state index contributed by atoms with van der Waals surface area (Å²) in [6.07, 6.45) is 7.21. The average Bonchev–Trinajstić information content (AvgIpc) is 2.92. The minimum absolute atomic E-state index is 0.265. The molecule has 0 spiro atoms. The molecule has 1 heterocycles. The van der Waals surface area contributed by atoms with Gasteiger partial charge in [-0.1, -0.05) is 41.9 Å². The van der Waals surface area contributed by atoms with Gasteiger partial charge in [-0.2, -0.15) is 0 Å². The Morgan fingerprint density at radius 2 is 2.14 bits per heavy atom. The molecule has 1 unspecified atom stereocenters. The average molecular weight is 350 g/mol. The minimum atomic E-state index is 0.265. The molecule has 4 heteroatoms. The van der Waals surface area contributed by atoms with Gasteiger partial charge in [-0.3, -0.25) is 0 Å². The molecule has 0 amide bonds. The second kappa shape index (κ2) is 8.35. The number of benzene rings is 1. The Hall–Kier alpha value is -1.13. The summed E-state index contributed by atoms with van der Waals surface area (Å²) in [5.74, 6) is 1.14. The van der Waals surface area contributed by atoms with Crippen molar-refractivity contribution in [3.63, 3.8) is 0 Å². The fourth-order valence-electron chi connectivity index (χ4n) is 2.53. The summed E-state index contributed by atoms with van der Waals surface area (Å²) in [6, 6.07) is 8.79. The number of halogens is 1. The molecule has 0 bridgehead atoms. The fourth-order valence-corrected chi connectivity index (χ4v) is 2.98. The molecule has 0 aliphatic rings. The molecule has 1 N–H and O–H groups in total. The van der Waals surface area contributed by atoms with Crippen LogP contribution in [0.1, 0.15) is 44.1 Å². The van der Waals surface area contributed by atoms with Gasteiger partial charge >= 0.3 is 0 Å². The molecule has 3 nitrogen and oxygen atoms in total. The molecule has 2 aromatic rings. The highest BCUT2D eigenvalue weighted by molar-refractivity contribution is 9.10. The highest BCUT2D eigenvalue weighted by atomic mass is 79.9. The summed E-state index contributed by atoms with van der Waals surface area (Å²) in [4.78, 5) is 4.60. The molecule has 0 saturated heterocycles. The molecule has 0 saturated carbocycles. The fraction of sp³-hybridized carbons (Fsp3) is 0.471. The first-order valence-electron chi connectivity index (χ1n) is 7.73. The van der Waals surface area contributed by atoms with E-state index in [4.69, 9.17) is 0 Å². The van der Waals surface area contributed by atoms with Crippen LogP contribution in [0.3, 0.4) is 0 Å². The van der Waals surface area contributed by atoms with Crippen molar-refractivity contribution in [1.82, 2.24) is 14.9 Å². The van der Waals surface area contributed by atoms with Gasteiger partial charge in [0.15, 0.2) is 0 Å². The van der Waals surface area contributed by atoms with E-state index in [1.807, 2.05) is 6.20 Å². The van der Waals surface area contributed by atoms with Crippen molar-refractivity contribution in [2.24, 2.45) is 0 Å². The van der Waals surface area contributed by atoms with Crippen LogP contribution >= 0.6 is 15.9 Å². The number of hydrogen-bond donors (Lipinski definition) is 1. The van der Waals surface area contributed by atoms with Gasteiger partial charge < -0.3 is 9.88 Å². The van der Waals surface area contributed by atoms with Crippen LogP contribution in [-0.4, -0.2) is 16.1 Å². The first-order chi connectivity index (χ1) is 10.2. The maximum atomic E-state index is 4.60. The lowest BCUT2D eigenvalue weighted by Crippen LogP contribution is -2.27. The van der Waals surface area contributed by atoms with Crippen molar-refractivity contribution in [3.8, 4) is 0 Å². The summed E-state index contributed by atoms with van der Waals surface area (Å²) in [6.45, 7) is 6.43. The van der Waals surface area contributed by atoms with Gasteiger partial charge in [0.1, 0.15) is 5.82 Å². The van der Waals surface area contributed by atoms with Gasteiger partial charge in [-0.15, -0.1) is 0 Å². The van der Waals surface area contributed by atoms with E-state index in [2.05, 4.69) is 75.1 Å². The van der Waals surface area contributed by atoms with Crippen LogP contribution in [0.4, 0.5) is 0 Å². The number of nitrogens with zero attached hydrogens (tertiary/aromatic N) is 2. The van der Waals surface area contributed by atoms with Crippen LogP contribution in [0.25, 0.3) is 0 Å². The Balaban J connectivity index is 2.19. The van der Waals surface area contributed by atoms with Crippen LogP contribution in [0.2, 0.25) is 0 Å². The topological polar surface area (TPSA) is 29.9 Å². The molecule has 0 aliphatic heterocycles. The van der Waals surface area contributed by atoms with Crippen LogP contribution in [0.15, 0.2) is 41.1 Å². The number of aryl methyl sites for hydroxylation is 1. The first-order valence-corrected chi connectivity index (χ1v) is 8.52. The number of imidazole rings is 1. The molecule has 0 aliphatic carbocycles. The lowest BCUT2D eigenvalue weighted by atomic mass is 10.1. The van der Waals surface area contributed by atoms with Gasteiger partial charge in [-0.05, 0) is 43.5 Å². The summed E-state index contributed by atoms with van der Waals surface area (Å²) < 4.78 is 3.40. The maximum absolute atomic E-state index is 4.60. The normalized spacial score (nSPS) is 12.5. The lowest BCUT2D eigenvalue weighted by Gasteiger charge is -2.20. The van der Waals surface area contributed by atoms with E-state index >= 15 is 0 Å². The third-order valence-electron chi connectivity index (χ3n) is 3.49. The SMILES string of the molecule is CCCNC(Cc1cccc(Br)c1)c1nccn1CCC. The maximum Gasteiger partial charge on any atom is 0.126 e. The smallest absolute Gasteiger partial charge is 0.126 e. The molecule has 0 radical (unpaired) electrons. The van der Waals surface area contributed by atoms with Crippen molar-refractivity contribution in [2.45, 2.75) is 45.7 Å². The largest absolute Gasteiger partial charge is 0.334 e. The predicted octanol–water partition coefficient (Wildman–Crippen LogP) is 4.34. The van der Waals surface area contributed by atoms with Crippen LogP contribution < -0.4 is 5.32 Å². The molecule has 114 valence electrons. The summed E-state index contributed by atoms with van der Waals surface area (Å²) >= 11 is 3.55. The van der Waals surface area contributed by atoms with Crippen molar-refractivity contribution < 1.29 is 0 Å². The van der Waals surface area contributed by atoms with Gasteiger partial charge in [0, 0.05) is 23.4 Å². The number of nitrogens with one attached hydrogen (secondary N) is 1. The van der Waals surface area contributed by atoms with E-state index in [-0.39, 0.29) is 6.04 Å². The number of aromatic nitrogens is 2. The quantitative estimate of drug-likeness (QED) is 0.768. The first kappa shape index (κ1) is 16.2. The predicted molar refractivity (Wildman–Crippen MR) is 91.4 cm³/mol. The van der Waals surface area contributed by atoms with Crippen molar-refractivity contribution in [2.75, 3.05) is 6.54 Å². The van der Waals surface area contributed by atoms with E-state index in [1.54, 1.807) is 0 Å². The molecule has 21 heavy (non-hydrogen) atoms. The van der Waals surface area contributed by atoms with E-state index in [9.17, 15) is 0 Å². The second-order valence-electron chi connectivity index (χ2n) is 5.32. The zero-order valence-electron chi connectivity index (χ0n) is 12.8. The molecule has 1 atom stereocenters. The van der Waals surface area contributed by atoms with Crippen molar-refractivity contribution in [3.05, 3.63) is 52.5 Å². The van der Waals surface area contributed by atoms with E-state index < -0.39 is 0 Å². The number of hydrogen-bond acceptors (Lipinski definition) is 2.